The maximum atomic E-state index is 12.2. The summed E-state index contributed by atoms with van der Waals surface area (Å²) in [6.45, 7) is 3.63. The standard InChI is InChI=1S/C11H18F3N5/c1-7(2)10-16-8(18-15)6-9(17-10)19(3)5-4-11(12,13)14/h6-7H,4-5,15H2,1-3H3,(H,16,17,18). The number of nitrogen functional groups attached to an aromatic ring is 1. The summed E-state index contributed by atoms with van der Waals surface area (Å²) in [7, 11) is 1.55. The molecule has 0 aromatic carbocycles. The van der Waals surface area contributed by atoms with Crippen molar-refractivity contribution in [2.24, 2.45) is 5.84 Å². The molecule has 1 rings (SSSR count). The summed E-state index contributed by atoms with van der Waals surface area (Å²) < 4.78 is 36.6. The van der Waals surface area contributed by atoms with Crippen LogP contribution in [0.4, 0.5) is 24.8 Å². The van der Waals surface area contributed by atoms with Crippen molar-refractivity contribution >= 4 is 11.6 Å². The van der Waals surface area contributed by atoms with E-state index in [1.807, 2.05) is 13.8 Å². The third-order valence-electron chi connectivity index (χ3n) is 2.52. The number of hydrogen-bond acceptors (Lipinski definition) is 5. The zero-order chi connectivity index (χ0) is 14.6. The van der Waals surface area contributed by atoms with Gasteiger partial charge in [0, 0.05) is 25.6 Å². The Hall–Kier alpha value is -1.57. The van der Waals surface area contributed by atoms with E-state index in [-0.39, 0.29) is 12.5 Å². The van der Waals surface area contributed by atoms with Gasteiger partial charge in [0.1, 0.15) is 17.5 Å². The molecule has 0 aliphatic heterocycles. The van der Waals surface area contributed by atoms with Crippen LogP contribution in [0.2, 0.25) is 0 Å². The Morgan fingerprint density at radius 2 is 2.00 bits per heavy atom. The molecule has 0 amide bonds. The number of rotatable bonds is 5. The van der Waals surface area contributed by atoms with Gasteiger partial charge in [-0.25, -0.2) is 15.8 Å². The van der Waals surface area contributed by atoms with Crippen molar-refractivity contribution in [2.75, 3.05) is 23.9 Å². The van der Waals surface area contributed by atoms with Crippen LogP contribution in [0.25, 0.3) is 0 Å². The zero-order valence-electron chi connectivity index (χ0n) is 11.1. The van der Waals surface area contributed by atoms with Gasteiger partial charge in [0.25, 0.3) is 0 Å². The number of nitrogens with zero attached hydrogens (tertiary/aromatic N) is 3. The monoisotopic (exact) mass is 277 g/mol. The van der Waals surface area contributed by atoms with Gasteiger partial charge in [0.2, 0.25) is 0 Å². The predicted octanol–water partition coefficient (Wildman–Crippen LogP) is 2.27. The minimum atomic E-state index is -4.18. The van der Waals surface area contributed by atoms with Crippen LogP contribution in [-0.4, -0.2) is 29.7 Å². The Labute approximate surface area is 110 Å². The molecule has 0 fully saturated rings. The van der Waals surface area contributed by atoms with Crippen molar-refractivity contribution in [3.8, 4) is 0 Å². The molecule has 0 unspecified atom stereocenters. The Balaban J connectivity index is 2.89. The van der Waals surface area contributed by atoms with Crippen LogP contribution in [0.1, 0.15) is 32.0 Å². The number of aromatic nitrogens is 2. The molecule has 3 N–H and O–H groups in total. The normalized spacial score (nSPS) is 11.8. The molecule has 1 aromatic heterocycles. The molecule has 0 aliphatic carbocycles. The average Bonchev–Trinajstić information content (AvgIpc) is 2.34. The molecule has 19 heavy (non-hydrogen) atoms. The summed E-state index contributed by atoms with van der Waals surface area (Å²) in [5.41, 5.74) is 2.39. The first-order valence-corrected chi connectivity index (χ1v) is 5.86. The second-order valence-corrected chi connectivity index (χ2v) is 4.56. The lowest BCUT2D eigenvalue weighted by atomic mass is 10.2. The van der Waals surface area contributed by atoms with Gasteiger partial charge in [-0.3, -0.25) is 0 Å². The van der Waals surface area contributed by atoms with Crippen molar-refractivity contribution in [3.63, 3.8) is 0 Å². The van der Waals surface area contributed by atoms with Gasteiger partial charge >= 0.3 is 6.18 Å². The SMILES string of the molecule is CC(C)c1nc(NN)cc(N(C)CCC(F)(F)F)n1. The van der Waals surface area contributed by atoms with Gasteiger partial charge in [0.05, 0.1) is 6.42 Å². The van der Waals surface area contributed by atoms with Crippen LogP contribution in [0, 0.1) is 0 Å². The summed E-state index contributed by atoms with van der Waals surface area (Å²) >= 11 is 0. The molecule has 8 heteroatoms. The lowest BCUT2D eigenvalue weighted by Crippen LogP contribution is -2.25. The summed E-state index contributed by atoms with van der Waals surface area (Å²) in [5, 5.41) is 0. The summed E-state index contributed by atoms with van der Waals surface area (Å²) in [6, 6.07) is 1.52. The number of hydrogen-bond donors (Lipinski definition) is 2. The second kappa shape index (κ2) is 6.05. The smallest absolute Gasteiger partial charge is 0.359 e. The van der Waals surface area contributed by atoms with E-state index in [0.29, 0.717) is 17.5 Å². The van der Waals surface area contributed by atoms with E-state index in [1.165, 1.54) is 11.0 Å². The van der Waals surface area contributed by atoms with Gasteiger partial charge in [0.15, 0.2) is 0 Å². The predicted molar refractivity (Wildman–Crippen MR) is 67.9 cm³/mol. The molecule has 0 atom stereocenters. The largest absolute Gasteiger partial charge is 0.390 e. The van der Waals surface area contributed by atoms with Crippen LogP contribution < -0.4 is 16.2 Å². The number of anilines is 2. The van der Waals surface area contributed by atoms with Gasteiger partial charge in [-0.1, -0.05) is 13.8 Å². The van der Waals surface area contributed by atoms with Crippen molar-refractivity contribution in [2.45, 2.75) is 32.4 Å². The van der Waals surface area contributed by atoms with Crippen LogP contribution >= 0.6 is 0 Å². The van der Waals surface area contributed by atoms with E-state index < -0.39 is 12.6 Å². The lowest BCUT2D eigenvalue weighted by Gasteiger charge is -2.20. The quantitative estimate of drug-likeness (QED) is 0.638. The number of hydrazine groups is 1. The van der Waals surface area contributed by atoms with Crippen LogP contribution in [0.15, 0.2) is 6.07 Å². The molecule has 0 radical (unpaired) electrons. The molecule has 1 heterocycles. The van der Waals surface area contributed by atoms with Gasteiger partial charge < -0.3 is 10.3 Å². The number of nitrogens with two attached hydrogens (primary N) is 1. The van der Waals surface area contributed by atoms with E-state index in [2.05, 4.69) is 15.4 Å². The first kappa shape index (κ1) is 15.5. The molecule has 0 saturated carbocycles. The number of nitrogens with one attached hydrogen (secondary N) is 1. The minimum Gasteiger partial charge on any atom is -0.359 e. The molecular weight excluding hydrogens is 259 g/mol. The molecule has 108 valence electrons. The highest BCUT2D eigenvalue weighted by Crippen LogP contribution is 2.23. The molecule has 5 nitrogen and oxygen atoms in total. The van der Waals surface area contributed by atoms with Crippen molar-refractivity contribution in [1.82, 2.24) is 9.97 Å². The first-order chi connectivity index (χ1) is 8.73. The summed E-state index contributed by atoms with van der Waals surface area (Å²) in [6.07, 6.45) is -5.08. The van der Waals surface area contributed by atoms with Gasteiger partial charge in [-0.15, -0.1) is 0 Å². The van der Waals surface area contributed by atoms with E-state index in [4.69, 9.17) is 5.84 Å². The maximum absolute atomic E-state index is 12.2. The van der Waals surface area contributed by atoms with Gasteiger partial charge in [-0.2, -0.15) is 13.2 Å². The molecule has 0 bridgehead atoms. The molecular formula is C11H18F3N5. The lowest BCUT2D eigenvalue weighted by molar-refractivity contribution is -0.132. The summed E-state index contributed by atoms with van der Waals surface area (Å²) in [5.74, 6) is 6.68. The first-order valence-electron chi connectivity index (χ1n) is 5.86. The molecule has 0 saturated heterocycles. The fourth-order valence-corrected chi connectivity index (χ4v) is 1.39. The third-order valence-corrected chi connectivity index (χ3v) is 2.52. The fraction of sp³-hybridized carbons (Fsp3) is 0.636. The van der Waals surface area contributed by atoms with Crippen LogP contribution in [0.5, 0.6) is 0 Å². The van der Waals surface area contributed by atoms with Gasteiger partial charge in [-0.05, 0) is 0 Å². The van der Waals surface area contributed by atoms with E-state index in [9.17, 15) is 13.2 Å². The highest BCUT2D eigenvalue weighted by molar-refractivity contribution is 5.48. The van der Waals surface area contributed by atoms with Crippen molar-refractivity contribution < 1.29 is 13.2 Å². The highest BCUT2D eigenvalue weighted by Gasteiger charge is 2.27. The Bertz CT molecular complexity index is 419. The average molecular weight is 277 g/mol. The van der Waals surface area contributed by atoms with E-state index in [1.54, 1.807) is 7.05 Å². The van der Waals surface area contributed by atoms with Crippen LogP contribution in [-0.2, 0) is 0 Å². The maximum Gasteiger partial charge on any atom is 0.390 e. The van der Waals surface area contributed by atoms with E-state index >= 15 is 0 Å². The topological polar surface area (TPSA) is 67.1 Å². The Morgan fingerprint density at radius 3 is 2.47 bits per heavy atom. The Morgan fingerprint density at radius 1 is 1.37 bits per heavy atom. The minimum absolute atomic E-state index is 0.0584. The molecule has 0 aliphatic rings. The fourth-order valence-electron chi connectivity index (χ4n) is 1.39. The third kappa shape index (κ3) is 4.90. The molecule has 1 aromatic rings. The number of alkyl halides is 3. The van der Waals surface area contributed by atoms with E-state index in [0.717, 1.165) is 0 Å². The van der Waals surface area contributed by atoms with Crippen molar-refractivity contribution in [3.05, 3.63) is 11.9 Å². The zero-order valence-corrected chi connectivity index (χ0v) is 11.1. The number of halogens is 3. The Kier molecular flexibility index (Phi) is 4.93. The summed E-state index contributed by atoms with van der Waals surface area (Å²) in [4.78, 5) is 9.81. The molecule has 0 spiro atoms. The van der Waals surface area contributed by atoms with Crippen molar-refractivity contribution in [1.29, 1.82) is 0 Å². The second-order valence-electron chi connectivity index (χ2n) is 4.56. The highest BCUT2D eigenvalue weighted by atomic mass is 19.4. The van der Waals surface area contributed by atoms with Crippen LogP contribution in [0.3, 0.4) is 0 Å².